The van der Waals surface area contributed by atoms with E-state index in [1.165, 1.54) is 0 Å². The fourth-order valence-corrected chi connectivity index (χ4v) is 2.87. The minimum atomic E-state index is -4.03. The van der Waals surface area contributed by atoms with Crippen LogP contribution < -0.4 is 0 Å². The van der Waals surface area contributed by atoms with E-state index in [9.17, 15) is 14.0 Å². The van der Waals surface area contributed by atoms with E-state index < -0.39 is 27.2 Å². The van der Waals surface area contributed by atoms with Gasteiger partial charge in [-0.2, -0.15) is 0 Å². The first kappa shape index (κ1) is 16.1. The van der Waals surface area contributed by atoms with Crippen LogP contribution in [-0.2, 0) is 22.9 Å². The first-order chi connectivity index (χ1) is 8.13. The molecule has 0 aromatic carbocycles. The Hall–Kier alpha value is 0.0400. The van der Waals surface area contributed by atoms with Crippen molar-refractivity contribution >= 4 is 15.0 Å². The van der Waals surface area contributed by atoms with Crippen LogP contribution >= 0.6 is 15.0 Å². The molecule has 1 heterocycles. The van der Waals surface area contributed by atoms with Gasteiger partial charge in [-0.3, -0.25) is 9.05 Å². The fraction of sp³-hybridized carbons (Fsp3) is 0.800. The largest absolute Gasteiger partial charge is 0.472 e. The van der Waals surface area contributed by atoms with E-state index in [-0.39, 0.29) is 6.10 Å². The lowest BCUT2D eigenvalue weighted by Crippen LogP contribution is -2.21. The molecule has 1 aliphatic rings. The Kier molecular flexibility index (Phi) is 5.36. The quantitative estimate of drug-likeness (QED) is 0.785. The predicted molar refractivity (Wildman–Crippen MR) is 69.3 cm³/mol. The number of ether oxygens (including phenoxy) is 1. The van der Waals surface area contributed by atoms with Crippen molar-refractivity contribution in [1.82, 2.24) is 0 Å². The van der Waals surface area contributed by atoms with E-state index in [0.717, 1.165) is 7.11 Å². The van der Waals surface area contributed by atoms with E-state index >= 15 is 0 Å². The Morgan fingerprint density at radius 2 is 2.00 bits per heavy atom. The Morgan fingerprint density at radius 1 is 1.39 bits per heavy atom. The monoisotopic (exact) mass is 298 g/mol. The molecule has 1 unspecified atom stereocenters. The van der Waals surface area contributed by atoms with E-state index in [2.05, 4.69) is 4.52 Å². The third-order valence-corrected chi connectivity index (χ3v) is 4.34. The third kappa shape index (κ3) is 5.35. The molecule has 0 saturated carbocycles. The first-order valence-corrected chi connectivity index (χ1v) is 9.76. The second-order valence-electron chi connectivity index (χ2n) is 4.72. The maximum Gasteiger partial charge on any atom is 0.472 e. The summed E-state index contributed by atoms with van der Waals surface area (Å²) in [5, 5.41) is 0. The van der Waals surface area contributed by atoms with Gasteiger partial charge in [0.15, 0.2) is 0 Å². The number of hydrogen-bond donors (Lipinski definition) is 1. The normalized spacial score (nSPS) is 32.8. The second-order valence-corrected chi connectivity index (χ2v) is 9.40. The lowest BCUT2D eigenvalue weighted by Gasteiger charge is -2.18. The van der Waals surface area contributed by atoms with Crippen LogP contribution in [0.25, 0.3) is 0 Å². The van der Waals surface area contributed by atoms with Crippen molar-refractivity contribution in [3.8, 4) is 0 Å². The van der Waals surface area contributed by atoms with Crippen molar-refractivity contribution in [2.45, 2.75) is 31.7 Å². The zero-order chi connectivity index (χ0) is 14.0. The Balaban J connectivity index is 2.74. The molecule has 1 fully saturated rings. The molecular weight excluding hydrogens is 278 g/mol. The van der Waals surface area contributed by atoms with Gasteiger partial charge in [-0.25, -0.2) is 4.57 Å². The first-order valence-electron chi connectivity index (χ1n) is 5.59. The molecule has 1 rings (SSSR count). The van der Waals surface area contributed by atoms with Gasteiger partial charge in [-0.15, -0.1) is 0 Å². The summed E-state index contributed by atoms with van der Waals surface area (Å²) in [6, 6.07) is 0. The van der Waals surface area contributed by atoms with E-state index in [4.69, 9.17) is 9.26 Å². The van der Waals surface area contributed by atoms with Crippen molar-refractivity contribution in [1.29, 1.82) is 0 Å². The highest BCUT2D eigenvalue weighted by Gasteiger charge is 2.37. The van der Waals surface area contributed by atoms with Gasteiger partial charge < -0.3 is 14.2 Å². The van der Waals surface area contributed by atoms with Gasteiger partial charge in [-0.05, 0) is 32.1 Å². The maximum atomic E-state index is 11.6. The van der Waals surface area contributed by atoms with E-state index in [1.807, 2.05) is 6.92 Å². The molecular formula is C10H20O6P2. The summed E-state index contributed by atoms with van der Waals surface area (Å²) in [4.78, 5) is 9.29. The molecule has 0 aromatic heterocycles. The van der Waals surface area contributed by atoms with Crippen LogP contribution in [0.2, 0.25) is 0 Å². The van der Waals surface area contributed by atoms with Crippen LogP contribution in [0.1, 0.15) is 13.3 Å². The van der Waals surface area contributed by atoms with Crippen molar-refractivity contribution in [3.05, 3.63) is 11.9 Å². The molecule has 0 radical (unpaired) electrons. The summed E-state index contributed by atoms with van der Waals surface area (Å²) in [6.45, 7) is 5.10. The summed E-state index contributed by atoms with van der Waals surface area (Å²) in [6.07, 6.45) is 0.975. The molecule has 1 aliphatic heterocycles. The van der Waals surface area contributed by atoms with Gasteiger partial charge in [0, 0.05) is 13.5 Å². The van der Waals surface area contributed by atoms with Gasteiger partial charge >= 0.3 is 7.82 Å². The average Bonchev–Trinajstić information content (AvgIpc) is 2.54. The highest BCUT2D eigenvalue weighted by Crippen LogP contribution is 2.47. The van der Waals surface area contributed by atoms with Gasteiger partial charge in [-0.1, -0.05) is 0 Å². The molecule has 8 heteroatoms. The molecule has 0 spiro atoms. The van der Waals surface area contributed by atoms with Crippen molar-refractivity contribution in [2.75, 3.05) is 20.4 Å². The zero-order valence-corrected chi connectivity index (χ0v) is 12.8. The number of hydrogen-bond acceptors (Lipinski definition) is 5. The highest BCUT2D eigenvalue weighted by molar-refractivity contribution is 7.65. The average molecular weight is 298 g/mol. The predicted octanol–water partition coefficient (Wildman–Crippen LogP) is 2.43. The third-order valence-electron chi connectivity index (χ3n) is 2.45. The summed E-state index contributed by atoms with van der Waals surface area (Å²) < 4.78 is 37.9. The molecule has 0 amide bonds. The van der Waals surface area contributed by atoms with Gasteiger partial charge in [0.1, 0.15) is 19.3 Å². The zero-order valence-electron chi connectivity index (χ0n) is 11.0. The summed E-state index contributed by atoms with van der Waals surface area (Å²) in [7, 11) is -5.23. The SMILES string of the molecule is COP(=O)(O)O[C@H]1C[C@H](C)O[C@@H]1/C=C/P(C)(C)=O. The lowest BCUT2D eigenvalue weighted by atomic mass is 10.1. The number of rotatable bonds is 5. The van der Waals surface area contributed by atoms with Gasteiger partial charge in [0.25, 0.3) is 0 Å². The molecule has 106 valence electrons. The van der Waals surface area contributed by atoms with Gasteiger partial charge in [0.05, 0.1) is 6.10 Å². The molecule has 0 bridgehead atoms. The summed E-state index contributed by atoms with van der Waals surface area (Å²) in [5.74, 6) is 1.57. The van der Waals surface area contributed by atoms with E-state index in [1.54, 1.807) is 25.2 Å². The maximum absolute atomic E-state index is 11.6. The second kappa shape index (κ2) is 6.00. The topological polar surface area (TPSA) is 82.1 Å². The van der Waals surface area contributed by atoms with Crippen molar-refractivity contribution in [3.63, 3.8) is 0 Å². The van der Waals surface area contributed by atoms with Crippen molar-refractivity contribution in [2.24, 2.45) is 0 Å². The van der Waals surface area contributed by atoms with Gasteiger partial charge in [0.2, 0.25) is 0 Å². The molecule has 18 heavy (non-hydrogen) atoms. The summed E-state index contributed by atoms with van der Waals surface area (Å²) >= 11 is 0. The van der Waals surface area contributed by atoms with Crippen LogP contribution in [0, 0.1) is 0 Å². The molecule has 1 saturated heterocycles. The Bertz CT molecular complexity index is 401. The fourth-order valence-electron chi connectivity index (χ4n) is 1.65. The van der Waals surface area contributed by atoms with Crippen molar-refractivity contribution < 1.29 is 27.8 Å². The Morgan fingerprint density at radius 3 is 2.50 bits per heavy atom. The highest BCUT2D eigenvalue weighted by atomic mass is 31.2. The van der Waals surface area contributed by atoms with Crippen LogP contribution in [0.5, 0.6) is 0 Å². The molecule has 6 nitrogen and oxygen atoms in total. The minimum absolute atomic E-state index is 0.0883. The molecule has 0 aliphatic carbocycles. The van der Waals surface area contributed by atoms with Crippen LogP contribution in [-0.4, -0.2) is 43.6 Å². The summed E-state index contributed by atoms with van der Waals surface area (Å²) in [5.41, 5.74) is 0. The molecule has 0 aromatic rings. The lowest BCUT2D eigenvalue weighted by molar-refractivity contribution is 0.0413. The standard InChI is InChI=1S/C10H20O6P2/c1-8-7-10(16-18(12,13)14-2)9(15-8)5-6-17(3,4)11/h5-6,8-10H,7H2,1-4H3,(H,12,13)/b6-5+/t8-,9+,10-/m0/s1. The Labute approximate surface area is 107 Å². The van der Waals surface area contributed by atoms with Crippen LogP contribution in [0.15, 0.2) is 11.9 Å². The van der Waals surface area contributed by atoms with E-state index in [0.29, 0.717) is 6.42 Å². The minimum Gasteiger partial charge on any atom is -0.368 e. The smallest absolute Gasteiger partial charge is 0.368 e. The molecule has 1 N–H and O–H groups in total. The number of phosphoric ester groups is 1. The number of phosphoric acid groups is 1. The van der Waals surface area contributed by atoms with Crippen LogP contribution in [0.4, 0.5) is 0 Å². The van der Waals surface area contributed by atoms with Crippen LogP contribution in [0.3, 0.4) is 0 Å². The molecule has 4 atom stereocenters.